The Kier molecular flexibility index (Phi) is 6.61. The molecule has 0 unspecified atom stereocenters. The Hall–Kier alpha value is -1.14. The lowest BCUT2D eigenvalue weighted by Crippen LogP contribution is -2.39. The van der Waals surface area contributed by atoms with Crippen LogP contribution in [0.2, 0.25) is 0 Å². The van der Waals surface area contributed by atoms with Crippen molar-refractivity contribution in [2.75, 3.05) is 0 Å². The third-order valence-corrected chi connectivity index (χ3v) is 4.03. The SMILES string of the molecule is CC[C@@H]1C[C@H](O)[C@@H](C)C(=O)O1.C[C@@H]1C[C@H](O)[C@@H](C)C(=O)O1. The van der Waals surface area contributed by atoms with Gasteiger partial charge in [0.05, 0.1) is 24.0 Å². The standard InChI is InChI=1S/C8H14O3.C7H12O3/c1-3-6-4-7(9)5(2)8(10)11-6;1-4-3-6(8)5(2)7(9)10-4/h5-7,9H,3-4H2,1-2H3;4-6,8H,3H2,1-2H3/t5-,6-,7+;4-,5-,6+/m11/s1. The first-order valence-electron chi connectivity index (χ1n) is 7.53. The van der Waals surface area contributed by atoms with Crippen LogP contribution in [0.1, 0.15) is 47.0 Å². The van der Waals surface area contributed by atoms with Crippen molar-refractivity contribution < 1.29 is 29.3 Å². The molecule has 6 heteroatoms. The molecule has 0 aliphatic carbocycles. The Balaban J connectivity index is 0.000000211. The van der Waals surface area contributed by atoms with E-state index in [-0.39, 0.29) is 36.0 Å². The quantitative estimate of drug-likeness (QED) is 0.703. The Morgan fingerprint density at radius 1 is 0.952 bits per heavy atom. The molecule has 2 rings (SSSR count). The number of carbonyl (C=O) groups excluding carboxylic acids is 2. The van der Waals surface area contributed by atoms with E-state index in [4.69, 9.17) is 9.47 Å². The molecule has 122 valence electrons. The van der Waals surface area contributed by atoms with Crippen molar-refractivity contribution in [3.8, 4) is 0 Å². The molecule has 0 aromatic rings. The molecule has 6 atom stereocenters. The van der Waals surface area contributed by atoms with Crippen LogP contribution >= 0.6 is 0 Å². The molecule has 0 saturated carbocycles. The number of esters is 2. The zero-order valence-corrected chi connectivity index (χ0v) is 13.1. The molecule has 0 radical (unpaired) electrons. The van der Waals surface area contributed by atoms with E-state index in [1.807, 2.05) is 6.92 Å². The van der Waals surface area contributed by atoms with Gasteiger partial charge < -0.3 is 19.7 Å². The number of aliphatic hydroxyl groups is 2. The summed E-state index contributed by atoms with van der Waals surface area (Å²) in [6.07, 6.45) is 0.705. The largest absolute Gasteiger partial charge is 0.462 e. The topological polar surface area (TPSA) is 93.1 Å². The highest BCUT2D eigenvalue weighted by Gasteiger charge is 2.33. The highest BCUT2D eigenvalue weighted by molar-refractivity contribution is 5.74. The summed E-state index contributed by atoms with van der Waals surface area (Å²) in [6, 6.07) is 0. The number of rotatable bonds is 1. The van der Waals surface area contributed by atoms with Crippen LogP contribution in [0.15, 0.2) is 0 Å². The summed E-state index contributed by atoms with van der Waals surface area (Å²) >= 11 is 0. The Morgan fingerprint density at radius 2 is 1.43 bits per heavy atom. The van der Waals surface area contributed by atoms with Gasteiger partial charge in [-0.05, 0) is 27.2 Å². The van der Waals surface area contributed by atoms with Crippen molar-refractivity contribution in [3.63, 3.8) is 0 Å². The lowest BCUT2D eigenvalue weighted by atomic mass is 9.95. The van der Waals surface area contributed by atoms with Crippen molar-refractivity contribution in [2.24, 2.45) is 11.8 Å². The molecule has 2 saturated heterocycles. The van der Waals surface area contributed by atoms with Crippen LogP contribution in [0.25, 0.3) is 0 Å². The summed E-state index contributed by atoms with van der Waals surface area (Å²) < 4.78 is 9.89. The molecule has 0 amide bonds. The van der Waals surface area contributed by atoms with Crippen molar-refractivity contribution >= 4 is 11.9 Å². The first kappa shape index (κ1) is 17.9. The van der Waals surface area contributed by atoms with E-state index in [1.54, 1.807) is 20.8 Å². The van der Waals surface area contributed by atoms with Crippen molar-refractivity contribution in [3.05, 3.63) is 0 Å². The van der Waals surface area contributed by atoms with Gasteiger partial charge in [-0.15, -0.1) is 0 Å². The molecule has 2 N–H and O–H groups in total. The van der Waals surface area contributed by atoms with Gasteiger partial charge in [0.15, 0.2) is 0 Å². The summed E-state index contributed by atoms with van der Waals surface area (Å²) in [5.74, 6) is -1.25. The second-order valence-corrected chi connectivity index (χ2v) is 5.90. The number of aliphatic hydroxyl groups excluding tert-OH is 2. The molecule has 0 aromatic carbocycles. The predicted molar refractivity (Wildman–Crippen MR) is 75.3 cm³/mol. The molecule has 0 bridgehead atoms. The summed E-state index contributed by atoms with van der Waals surface area (Å²) in [5, 5.41) is 18.6. The van der Waals surface area contributed by atoms with Gasteiger partial charge in [-0.2, -0.15) is 0 Å². The second kappa shape index (κ2) is 7.75. The van der Waals surface area contributed by atoms with Gasteiger partial charge in [0, 0.05) is 12.8 Å². The maximum absolute atomic E-state index is 11.0. The average molecular weight is 302 g/mol. The van der Waals surface area contributed by atoms with Crippen LogP contribution in [0, 0.1) is 11.8 Å². The lowest BCUT2D eigenvalue weighted by Gasteiger charge is -2.29. The Morgan fingerprint density at radius 3 is 1.86 bits per heavy atom. The lowest BCUT2D eigenvalue weighted by molar-refractivity contribution is -0.169. The summed E-state index contributed by atoms with van der Waals surface area (Å²) in [4.78, 5) is 21.8. The highest BCUT2D eigenvalue weighted by atomic mass is 16.6. The first-order valence-corrected chi connectivity index (χ1v) is 7.53. The third-order valence-electron chi connectivity index (χ3n) is 4.03. The van der Waals surface area contributed by atoms with Crippen LogP contribution in [-0.4, -0.2) is 46.6 Å². The molecular formula is C15H26O6. The van der Waals surface area contributed by atoms with Crippen molar-refractivity contribution in [2.45, 2.75) is 71.4 Å². The van der Waals surface area contributed by atoms with E-state index in [9.17, 15) is 19.8 Å². The molecule has 2 fully saturated rings. The minimum atomic E-state index is -0.517. The van der Waals surface area contributed by atoms with E-state index < -0.39 is 12.2 Å². The van der Waals surface area contributed by atoms with E-state index in [2.05, 4.69) is 0 Å². The molecular weight excluding hydrogens is 276 g/mol. The third kappa shape index (κ3) is 4.97. The zero-order chi connectivity index (χ0) is 16.2. The fraction of sp³-hybridized carbons (Fsp3) is 0.867. The van der Waals surface area contributed by atoms with E-state index in [0.717, 1.165) is 6.42 Å². The predicted octanol–water partition coefficient (Wildman–Crippen LogP) is 1.03. The number of ether oxygens (including phenoxy) is 2. The fourth-order valence-corrected chi connectivity index (χ4v) is 2.26. The van der Waals surface area contributed by atoms with E-state index >= 15 is 0 Å². The average Bonchev–Trinajstić information content (AvgIpc) is 2.42. The second-order valence-electron chi connectivity index (χ2n) is 5.90. The fourth-order valence-electron chi connectivity index (χ4n) is 2.26. The Labute approximate surface area is 125 Å². The molecule has 0 aromatic heterocycles. The van der Waals surface area contributed by atoms with Crippen LogP contribution in [0.3, 0.4) is 0 Å². The summed E-state index contributed by atoms with van der Waals surface area (Å²) in [7, 11) is 0. The van der Waals surface area contributed by atoms with Crippen LogP contribution < -0.4 is 0 Å². The van der Waals surface area contributed by atoms with E-state index in [1.165, 1.54) is 0 Å². The first-order chi connectivity index (χ1) is 9.76. The monoisotopic (exact) mass is 302 g/mol. The van der Waals surface area contributed by atoms with Gasteiger partial charge in [-0.3, -0.25) is 9.59 Å². The maximum Gasteiger partial charge on any atom is 0.311 e. The molecule has 21 heavy (non-hydrogen) atoms. The summed E-state index contributed by atoms with van der Waals surface area (Å²) in [5.41, 5.74) is 0. The molecule has 2 aliphatic heterocycles. The molecule has 2 heterocycles. The van der Waals surface area contributed by atoms with Gasteiger partial charge in [-0.25, -0.2) is 0 Å². The van der Waals surface area contributed by atoms with Gasteiger partial charge >= 0.3 is 11.9 Å². The Bertz CT molecular complexity index is 369. The van der Waals surface area contributed by atoms with Crippen molar-refractivity contribution in [1.82, 2.24) is 0 Å². The number of carbonyl (C=O) groups is 2. The van der Waals surface area contributed by atoms with Crippen LogP contribution in [-0.2, 0) is 19.1 Å². The number of hydrogen-bond acceptors (Lipinski definition) is 6. The molecule has 6 nitrogen and oxygen atoms in total. The minimum absolute atomic E-state index is 0.0753. The van der Waals surface area contributed by atoms with E-state index in [0.29, 0.717) is 12.8 Å². The molecule has 0 spiro atoms. The molecule has 2 aliphatic rings. The number of cyclic esters (lactones) is 2. The number of hydrogen-bond donors (Lipinski definition) is 2. The van der Waals surface area contributed by atoms with Gasteiger partial charge in [0.1, 0.15) is 12.2 Å². The van der Waals surface area contributed by atoms with Gasteiger partial charge in [0.25, 0.3) is 0 Å². The normalized spacial score (nSPS) is 39.7. The van der Waals surface area contributed by atoms with Gasteiger partial charge in [0.2, 0.25) is 0 Å². The smallest absolute Gasteiger partial charge is 0.311 e. The van der Waals surface area contributed by atoms with Crippen molar-refractivity contribution in [1.29, 1.82) is 0 Å². The minimum Gasteiger partial charge on any atom is -0.462 e. The summed E-state index contributed by atoms with van der Waals surface area (Å²) in [6.45, 7) is 7.10. The maximum atomic E-state index is 11.0. The van der Waals surface area contributed by atoms with Crippen LogP contribution in [0.4, 0.5) is 0 Å². The van der Waals surface area contributed by atoms with Crippen LogP contribution in [0.5, 0.6) is 0 Å². The highest BCUT2D eigenvalue weighted by Crippen LogP contribution is 2.22. The van der Waals surface area contributed by atoms with Gasteiger partial charge in [-0.1, -0.05) is 6.92 Å². The zero-order valence-electron chi connectivity index (χ0n) is 13.1.